The maximum Gasteiger partial charge on any atom is 0.251 e. The van der Waals surface area contributed by atoms with Gasteiger partial charge in [0.2, 0.25) is 0 Å². The molecule has 0 saturated heterocycles. The Morgan fingerprint density at radius 1 is 1.30 bits per heavy atom. The molecule has 0 atom stereocenters. The molecule has 20 heavy (non-hydrogen) atoms. The van der Waals surface area contributed by atoms with Crippen molar-refractivity contribution in [3.63, 3.8) is 0 Å². The van der Waals surface area contributed by atoms with Crippen molar-refractivity contribution >= 4 is 28.4 Å². The Bertz CT molecular complexity index is 844. The van der Waals surface area contributed by atoms with E-state index in [9.17, 15) is 4.79 Å². The fourth-order valence-electron chi connectivity index (χ4n) is 1.97. The van der Waals surface area contributed by atoms with E-state index in [1.807, 2.05) is 24.3 Å². The molecule has 0 aliphatic carbocycles. The highest BCUT2D eigenvalue weighted by molar-refractivity contribution is 7.99. The number of aromatic amines is 1. The van der Waals surface area contributed by atoms with Crippen LogP contribution >= 0.6 is 11.8 Å². The molecule has 0 fully saturated rings. The Kier molecular flexibility index (Phi) is 3.15. The summed E-state index contributed by atoms with van der Waals surface area (Å²) < 4.78 is 0. The van der Waals surface area contributed by atoms with Gasteiger partial charge in [0.25, 0.3) is 5.56 Å². The summed E-state index contributed by atoms with van der Waals surface area (Å²) in [7, 11) is 0. The number of benzene rings is 1. The number of nitrogens with two attached hydrogens (primary N) is 1. The number of pyridine rings is 1. The molecule has 2 aromatic heterocycles. The van der Waals surface area contributed by atoms with Crippen molar-refractivity contribution in [2.45, 2.75) is 17.0 Å². The Hall–Kier alpha value is -2.34. The van der Waals surface area contributed by atoms with E-state index in [0.717, 1.165) is 15.8 Å². The summed E-state index contributed by atoms with van der Waals surface area (Å²) >= 11 is 1.39. The predicted octanol–water partition coefficient (Wildman–Crippen LogP) is 2.36. The average molecular weight is 284 g/mol. The van der Waals surface area contributed by atoms with Gasteiger partial charge in [-0.3, -0.25) is 9.78 Å². The van der Waals surface area contributed by atoms with Crippen molar-refractivity contribution in [2.24, 2.45) is 0 Å². The molecule has 0 saturated carbocycles. The summed E-state index contributed by atoms with van der Waals surface area (Å²) in [6.45, 7) is 1.79. The van der Waals surface area contributed by atoms with E-state index in [0.29, 0.717) is 16.5 Å². The number of H-pyrrole nitrogens is 1. The first-order valence-corrected chi connectivity index (χ1v) is 6.84. The second kappa shape index (κ2) is 4.97. The lowest BCUT2D eigenvalue weighted by molar-refractivity contribution is 0.906. The number of anilines is 1. The smallest absolute Gasteiger partial charge is 0.251 e. The third-order valence-electron chi connectivity index (χ3n) is 2.82. The van der Waals surface area contributed by atoms with E-state index in [1.54, 1.807) is 13.1 Å². The van der Waals surface area contributed by atoms with Gasteiger partial charge >= 0.3 is 0 Å². The van der Waals surface area contributed by atoms with E-state index in [1.165, 1.54) is 17.8 Å². The van der Waals surface area contributed by atoms with Crippen LogP contribution in [0.1, 0.15) is 5.69 Å². The van der Waals surface area contributed by atoms with Gasteiger partial charge in [0.15, 0.2) is 5.16 Å². The fourth-order valence-corrected chi connectivity index (χ4v) is 2.92. The lowest BCUT2D eigenvalue weighted by Gasteiger charge is -2.06. The first kappa shape index (κ1) is 12.7. The topological polar surface area (TPSA) is 84.7 Å². The molecule has 6 heteroatoms. The average Bonchev–Trinajstić information content (AvgIpc) is 2.39. The SMILES string of the molecule is Cc1cc(=O)[nH]c(Sc2ccnc3c(N)cccc23)n1. The number of nitrogens with one attached hydrogen (secondary N) is 1. The van der Waals surface area contributed by atoms with Crippen LogP contribution in [0, 0.1) is 6.92 Å². The van der Waals surface area contributed by atoms with Gasteiger partial charge in [-0.2, -0.15) is 0 Å². The minimum Gasteiger partial charge on any atom is -0.397 e. The lowest BCUT2D eigenvalue weighted by atomic mass is 10.2. The number of hydrogen-bond donors (Lipinski definition) is 2. The molecule has 0 unspecified atom stereocenters. The number of aryl methyl sites for hydroxylation is 1. The molecule has 100 valence electrons. The van der Waals surface area contributed by atoms with Crippen LogP contribution in [0.15, 0.2) is 51.4 Å². The largest absolute Gasteiger partial charge is 0.397 e. The molecule has 0 aliphatic rings. The van der Waals surface area contributed by atoms with Crippen molar-refractivity contribution in [1.82, 2.24) is 15.0 Å². The minimum absolute atomic E-state index is 0.155. The molecule has 1 aromatic carbocycles. The highest BCUT2D eigenvalue weighted by atomic mass is 32.2. The maximum atomic E-state index is 11.5. The van der Waals surface area contributed by atoms with E-state index >= 15 is 0 Å². The van der Waals surface area contributed by atoms with Crippen molar-refractivity contribution in [2.75, 3.05) is 5.73 Å². The summed E-state index contributed by atoms with van der Waals surface area (Å²) in [4.78, 5) is 23.8. The molecule has 2 heterocycles. The van der Waals surface area contributed by atoms with Crippen molar-refractivity contribution in [1.29, 1.82) is 0 Å². The number of fused-ring (bicyclic) bond motifs is 1. The normalized spacial score (nSPS) is 10.8. The van der Waals surface area contributed by atoms with Crippen molar-refractivity contribution < 1.29 is 0 Å². The van der Waals surface area contributed by atoms with Crippen molar-refractivity contribution in [3.05, 3.63) is 52.6 Å². The van der Waals surface area contributed by atoms with Crippen LogP contribution in [0.4, 0.5) is 5.69 Å². The molecule has 0 bridgehead atoms. The number of para-hydroxylation sites is 1. The van der Waals surface area contributed by atoms with Crippen LogP contribution in [0.25, 0.3) is 10.9 Å². The van der Waals surface area contributed by atoms with Gasteiger partial charge in [0.05, 0.1) is 11.2 Å². The van der Waals surface area contributed by atoms with Gasteiger partial charge < -0.3 is 10.7 Å². The van der Waals surface area contributed by atoms with Gasteiger partial charge in [0, 0.05) is 28.2 Å². The molecule has 5 nitrogen and oxygen atoms in total. The molecule has 0 radical (unpaired) electrons. The minimum atomic E-state index is -0.155. The molecule has 3 N–H and O–H groups in total. The van der Waals surface area contributed by atoms with Gasteiger partial charge in [-0.25, -0.2) is 4.98 Å². The van der Waals surface area contributed by atoms with Crippen LogP contribution in [0.2, 0.25) is 0 Å². The Morgan fingerprint density at radius 2 is 2.15 bits per heavy atom. The van der Waals surface area contributed by atoms with Crippen molar-refractivity contribution in [3.8, 4) is 0 Å². The molecule has 3 rings (SSSR count). The zero-order valence-electron chi connectivity index (χ0n) is 10.8. The monoisotopic (exact) mass is 284 g/mol. The van der Waals surface area contributed by atoms with E-state index in [2.05, 4.69) is 15.0 Å². The van der Waals surface area contributed by atoms with E-state index in [-0.39, 0.29) is 5.56 Å². The van der Waals surface area contributed by atoms with E-state index < -0.39 is 0 Å². The summed E-state index contributed by atoms with van der Waals surface area (Å²) in [5, 5.41) is 1.51. The zero-order valence-corrected chi connectivity index (χ0v) is 11.6. The Morgan fingerprint density at radius 3 is 2.95 bits per heavy atom. The van der Waals surface area contributed by atoms with Gasteiger partial charge in [-0.1, -0.05) is 23.9 Å². The van der Waals surface area contributed by atoms with Crippen LogP contribution < -0.4 is 11.3 Å². The highest BCUT2D eigenvalue weighted by Crippen LogP contribution is 2.32. The molecular weight excluding hydrogens is 272 g/mol. The van der Waals surface area contributed by atoms with E-state index in [4.69, 9.17) is 5.73 Å². The highest BCUT2D eigenvalue weighted by Gasteiger charge is 2.07. The maximum absolute atomic E-state index is 11.5. The van der Waals surface area contributed by atoms with Crippen LogP contribution in [0.3, 0.4) is 0 Å². The first-order valence-electron chi connectivity index (χ1n) is 6.02. The van der Waals surface area contributed by atoms with Gasteiger partial charge in [-0.05, 0) is 19.1 Å². The predicted molar refractivity (Wildman–Crippen MR) is 79.9 cm³/mol. The number of aromatic nitrogens is 3. The third kappa shape index (κ3) is 2.37. The second-order valence-electron chi connectivity index (χ2n) is 4.35. The fraction of sp³-hybridized carbons (Fsp3) is 0.0714. The standard InChI is InChI=1S/C14H12N4OS/c1-8-7-12(19)18-14(17-8)20-11-5-6-16-13-9(11)3-2-4-10(13)15/h2-7H,15H2,1H3,(H,17,18,19). The Labute approximate surface area is 119 Å². The van der Waals surface area contributed by atoms with Gasteiger partial charge in [-0.15, -0.1) is 0 Å². The molecule has 0 spiro atoms. The lowest BCUT2D eigenvalue weighted by Crippen LogP contribution is -2.07. The summed E-state index contributed by atoms with van der Waals surface area (Å²) in [5.41, 5.74) is 7.85. The van der Waals surface area contributed by atoms with Crippen LogP contribution in [-0.4, -0.2) is 15.0 Å². The number of nitrogens with zero attached hydrogens (tertiary/aromatic N) is 2. The van der Waals surface area contributed by atoms with Crippen LogP contribution in [0.5, 0.6) is 0 Å². The second-order valence-corrected chi connectivity index (χ2v) is 5.38. The quantitative estimate of drug-likeness (QED) is 0.557. The van der Waals surface area contributed by atoms with Gasteiger partial charge in [0.1, 0.15) is 0 Å². The number of nitrogen functional groups attached to an aromatic ring is 1. The van der Waals surface area contributed by atoms with Crippen LogP contribution in [-0.2, 0) is 0 Å². The molecule has 0 amide bonds. The number of hydrogen-bond acceptors (Lipinski definition) is 5. The third-order valence-corrected chi connectivity index (χ3v) is 3.78. The summed E-state index contributed by atoms with van der Waals surface area (Å²) in [6.07, 6.45) is 1.70. The number of rotatable bonds is 2. The molecule has 0 aliphatic heterocycles. The molecule has 3 aromatic rings. The zero-order chi connectivity index (χ0) is 14.1. The first-order chi connectivity index (χ1) is 9.63. The summed E-state index contributed by atoms with van der Waals surface area (Å²) in [5.74, 6) is 0. The Balaban J connectivity index is 2.11. The summed E-state index contributed by atoms with van der Waals surface area (Å²) in [6, 6.07) is 9.00. The molecular formula is C14H12N4OS.